The number of thiophene rings is 1. The third kappa shape index (κ3) is 3.72. The lowest BCUT2D eigenvalue weighted by Gasteiger charge is -2.08. The number of carbonyl (C=O) groups excluding carboxylic acids is 1. The second kappa shape index (κ2) is 6.93. The molecule has 1 aromatic carbocycles. The average Bonchev–Trinajstić information content (AvgIpc) is 2.83. The molecule has 1 N–H and O–H groups in total. The van der Waals surface area contributed by atoms with E-state index in [1.54, 1.807) is 32.9 Å². The van der Waals surface area contributed by atoms with E-state index in [4.69, 9.17) is 16.3 Å². The number of carbonyl (C=O) groups is 1. The first-order valence-electron chi connectivity index (χ1n) is 7.55. The third-order valence-electron chi connectivity index (χ3n) is 3.38. The lowest BCUT2D eigenvalue weighted by molar-refractivity contribution is 0.0383. The van der Waals surface area contributed by atoms with Crippen molar-refractivity contribution >= 4 is 50.6 Å². The van der Waals surface area contributed by atoms with Gasteiger partial charge in [-0.3, -0.25) is 0 Å². The minimum Gasteiger partial charge on any atom is -0.459 e. The standard InChI is InChI=1S/C17H15ClFN3O2S/c1-8(2)24-16(23)13-9(3)12-14(21-17(18)22-15(12)25-13)20-11-6-4-5-10(19)7-11/h4-8H,1-3H3,(H,20,21,22). The highest BCUT2D eigenvalue weighted by molar-refractivity contribution is 7.20. The summed E-state index contributed by atoms with van der Waals surface area (Å²) in [7, 11) is 0. The molecule has 5 nitrogen and oxygen atoms in total. The summed E-state index contributed by atoms with van der Waals surface area (Å²) in [6, 6.07) is 5.99. The molecule has 0 spiro atoms. The molecule has 0 saturated heterocycles. The fourth-order valence-electron chi connectivity index (χ4n) is 2.37. The van der Waals surface area contributed by atoms with E-state index in [-0.39, 0.29) is 17.2 Å². The van der Waals surface area contributed by atoms with Crippen LogP contribution in [0.15, 0.2) is 24.3 Å². The summed E-state index contributed by atoms with van der Waals surface area (Å²) in [5.74, 6) is -0.370. The van der Waals surface area contributed by atoms with Crippen LogP contribution in [0.1, 0.15) is 29.1 Å². The summed E-state index contributed by atoms with van der Waals surface area (Å²) in [6.45, 7) is 5.37. The van der Waals surface area contributed by atoms with Crippen molar-refractivity contribution in [3.63, 3.8) is 0 Å². The van der Waals surface area contributed by atoms with Crippen LogP contribution in [0.25, 0.3) is 10.2 Å². The highest BCUT2D eigenvalue weighted by Gasteiger charge is 2.22. The monoisotopic (exact) mass is 379 g/mol. The van der Waals surface area contributed by atoms with Gasteiger partial charge in [-0.15, -0.1) is 11.3 Å². The highest BCUT2D eigenvalue weighted by atomic mass is 35.5. The fourth-order valence-corrected chi connectivity index (χ4v) is 3.65. The Balaban J connectivity index is 2.09. The van der Waals surface area contributed by atoms with Crippen molar-refractivity contribution in [2.24, 2.45) is 0 Å². The number of hydrogen-bond acceptors (Lipinski definition) is 6. The maximum atomic E-state index is 13.4. The van der Waals surface area contributed by atoms with Crippen LogP contribution in [0.2, 0.25) is 5.28 Å². The smallest absolute Gasteiger partial charge is 0.348 e. The van der Waals surface area contributed by atoms with E-state index in [9.17, 15) is 9.18 Å². The molecule has 25 heavy (non-hydrogen) atoms. The van der Waals surface area contributed by atoms with E-state index in [0.29, 0.717) is 32.2 Å². The average molecular weight is 380 g/mol. The van der Waals surface area contributed by atoms with Crippen LogP contribution in [0.5, 0.6) is 0 Å². The molecule has 0 radical (unpaired) electrons. The molecule has 0 atom stereocenters. The molecule has 2 aromatic heterocycles. The first-order valence-corrected chi connectivity index (χ1v) is 8.75. The molecule has 130 valence electrons. The SMILES string of the molecule is Cc1c(C(=O)OC(C)C)sc2nc(Cl)nc(Nc3cccc(F)c3)c12. The normalized spacial score (nSPS) is 11.1. The summed E-state index contributed by atoms with van der Waals surface area (Å²) in [6.07, 6.45) is -0.225. The van der Waals surface area contributed by atoms with Crippen LogP contribution in [0, 0.1) is 12.7 Å². The first-order chi connectivity index (χ1) is 11.8. The molecule has 3 rings (SSSR count). The number of halogens is 2. The molecule has 0 unspecified atom stereocenters. The zero-order valence-electron chi connectivity index (χ0n) is 13.8. The predicted octanol–water partition coefficient (Wildman–Crippen LogP) is 5.10. The van der Waals surface area contributed by atoms with Gasteiger partial charge in [-0.05, 0) is 56.1 Å². The van der Waals surface area contributed by atoms with Gasteiger partial charge in [0, 0.05) is 5.69 Å². The Kier molecular flexibility index (Phi) is 4.87. The lowest BCUT2D eigenvalue weighted by atomic mass is 10.2. The van der Waals surface area contributed by atoms with Crippen molar-refractivity contribution < 1.29 is 13.9 Å². The van der Waals surface area contributed by atoms with Crippen LogP contribution < -0.4 is 5.32 Å². The van der Waals surface area contributed by atoms with Crippen LogP contribution in [0.3, 0.4) is 0 Å². The van der Waals surface area contributed by atoms with E-state index < -0.39 is 5.97 Å². The second-order valence-corrected chi connectivity index (χ2v) is 7.00. The minimum absolute atomic E-state index is 0.0384. The van der Waals surface area contributed by atoms with E-state index >= 15 is 0 Å². The zero-order chi connectivity index (χ0) is 18.1. The number of fused-ring (bicyclic) bond motifs is 1. The Labute approximate surface area is 152 Å². The van der Waals surface area contributed by atoms with E-state index in [1.165, 1.54) is 23.5 Å². The van der Waals surface area contributed by atoms with Gasteiger partial charge >= 0.3 is 5.97 Å². The number of ether oxygens (including phenoxy) is 1. The first kappa shape index (κ1) is 17.6. The topological polar surface area (TPSA) is 64.1 Å². The maximum Gasteiger partial charge on any atom is 0.348 e. The Bertz CT molecular complexity index is 958. The molecule has 0 fully saturated rings. The molecular formula is C17H15ClFN3O2S. The van der Waals surface area contributed by atoms with Gasteiger partial charge in [0.2, 0.25) is 5.28 Å². The molecule has 3 aromatic rings. The largest absolute Gasteiger partial charge is 0.459 e. The number of anilines is 2. The van der Waals surface area contributed by atoms with E-state index in [2.05, 4.69) is 15.3 Å². The molecule has 0 aliphatic heterocycles. The van der Waals surface area contributed by atoms with Gasteiger partial charge in [-0.2, -0.15) is 4.98 Å². The molecular weight excluding hydrogens is 365 g/mol. The van der Waals surface area contributed by atoms with Crippen molar-refractivity contribution in [1.82, 2.24) is 9.97 Å². The number of nitrogens with zero attached hydrogens (tertiary/aromatic N) is 2. The van der Waals surface area contributed by atoms with Crippen molar-refractivity contribution in [3.8, 4) is 0 Å². The van der Waals surface area contributed by atoms with Gasteiger partial charge in [-0.25, -0.2) is 14.2 Å². The number of aryl methyl sites for hydroxylation is 1. The van der Waals surface area contributed by atoms with Crippen LogP contribution in [-0.2, 0) is 4.74 Å². The van der Waals surface area contributed by atoms with Gasteiger partial charge in [0.25, 0.3) is 0 Å². The van der Waals surface area contributed by atoms with Crippen molar-refractivity contribution in [3.05, 3.63) is 45.8 Å². The summed E-state index contributed by atoms with van der Waals surface area (Å²) >= 11 is 7.19. The summed E-state index contributed by atoms with van der Waals surface area (Å²) in [5.41, 5.74) is 1.22. The molecule has 0 aliphatic rings. The predicted molar refractivity (Wildman–Crippen MR) is 97.4 cm³/mol. The summed E-state index contributed by atoms with van der Waals surface area (Å²) in [4.78, 5) is 21.7. The fraction of sp³-hybridized carbons (Fsp3) is 0.235. The quantitative estimate of drug-likeness (QED) is 0.504. The second-order valence-electron chi connectivity index (χ2n) is 5.67. The van der Waals surface area contributed by atoms with Crippen LogP contribution in [-0.4, -0.2) is 22.0 Å². The Morgan fingerprint density at radius 2 is 2.12 bits per heavy atom. The van der Waals surface area contributed by atoms with Crippen LogP contribution in [0.4, 0.5) is 15.9 Å². The zero-order valence-corrected chi connectivity index (χ0v) is 15.3. The van der Waals surface area contributed by atoms with E-state index in [1.807, 2.05) is 0 Å². The Hall–Kier alpha value is -2.25. The summed E-state index contributed by atoms with van der Waals surface area (Å²) in [5, 5.41) is 3.74. The molecule has 8 heteroatoms. The van der Waals surface area contributed by atoms with Gasteiger partial charge < -0.3 is 10.1 Å². The summed E-state index contributed by atoms with van der Waals surface area (Å²) < 4.78 is 18.7. The van der Waals surface area contributed by atoms with Gasteiger partial charge in [-0.1, -0.05) is 6.07 Å². The molecule has 0 amide bonds. The van der Waals surface area contributed by atoms with E-state index in [0.717, 1.165) is 0 Å². The number of aromatic nitrogens is 2. The van der Waals surface area contributed by atoms with Crippen molar-refractivity contribution in [2.75, 3.05) is 5.32 Å². The minimum atomic E-state index is -0.414. The van der Waals surface area contributed by atoms with Gasteiger partial charge in [0.05, 0.1) is 11.5 Å². The van der Waals surface area contributed by atoms with Crippen molar-refractivity contribution in [1.29, 1.82) is 0 Å². The number of hydrogen-bond donors (Lipinski definition) is 1. The lowest BCUT2D eigenvalue weighted by Crippen LogP contribution is -2.11. The molecule has 2 heterocycles. The third-order valence-corrected chi connectivity index (χ3v) is 4.71. The number of rotatable bonds is 4. The number of benzene rings is 1. The van der Waals surface area contributed by atoms with Gasteiger partial charge in [0.15, 0.2) is 0 Å². The van der Waals surface area contributed by atoms with Gasteiger partial charge in [0.1, 0.15) is 21.3 Å². The molecule has 0 saturated carbocycles. The van der Waals surface area contributed by atoms with Crippen molar-refractivity contribution in [2.45, 2.75) is 26.9 Å². The maximum absolute atomic E-state index is 13.4. The molecule has 0 aliphatic carbocycles. The number of esters is 1. The van der Waals surface area contributed by atoms with Crippen LogP contribution >= 0.6 is 22.9 Å². The highest BCUT2D eigenvalue weighted by Crippen LogP contribution is 2.36. The molecule has 0 bridgehead atoms. The Morgan fingerprint density at radius 3 is 2.80 bits per heavy atom. The number of nitrogens with one attached hydrogen (secondary N) is 1. The Morgan fingerprint density at radius 1 is 1.36 bits per heavy atom.